The van der Waals surface area contributed by atoms with Crippen molar-refractivity contribution < 1.29 is 22.7 Å². The van der Waals surface area contributed by atoms with Crippen LogP contribution in [0.2, 0.25) is 0 Å². The first-order valence-electron chi connectivity index (χ1n) is 9.17. The van der Waals surface area contributed by atoms with E-state index in [-0.39, 0.29) is 35.4 Å². The Balaban J connectivity index is 1.69. The highest BCUT2D eigenvalue weighted by molar-refractivity contribution is 7.89. The van der Waals surface area contributed by atoms with Gasteiger partial charge in [0, 0.05) is 19.0 Å². The van der Waals surface area contributed by atoms with Crippen molar-refractivity contribution in [2.75, 3.05) is 25.5 Å². The number of carbonyl (C=O) groups excluding carboxylic acids is 2. The van der Waals surface area contributed by atoms with Gasteiger partial charge in [0.1, 0.15) is 5.75 Å². The van der Waals surface area contributed by atoms with Crippen LogP contribution in [0.5, 0.6) is 5.75 Å². The molecule has 0 radical (unpaired) electrons. The normalized spacial score (nSPS) is 15.6. The van der Waals surface area contributed by atoms with Crippen molar-refractivity contribution in [3.63, 3.8) is 0 Å². The summed E-state index contributed by atoms with van der Waals surface area (Å²) in [7, 11) is -2.35. The molecule has 0 aliphatic carbocycles. The van der Waals surface area contributed by atoms with Crippen LogP contribution < -0.4 is 15.8 Å². The van der Waals surface area contributed by atoms with Crippen LogP contribution in [-0.4, -0.2) is 44.7 Å². The van der Waals surface area contributed by atoms with E-state index in [1.807, 2.05) is 6.07 Å². The summed E-state index contributed by atoms with van der Waals surface area (Å²) in [6, 6.07) is 13.0. The minimum Gasteiger partial charge on any atom is -0.495 e. The molecule has 1 aliphatic heterocycles. The van der Waals surface area contributed by atoms with Crippen LogP contribution in [0.4, 0.5) is 5.69 Å². The van der Waals surface area contributed by atoms with Crippen LogP contribution in [0.15, 0.2) is 53.4 Å². The highest BCUT2D eigenvalue weighted by Gasteiger charge is 2.34. The van der Waals surface area contributed by atoms with Crippen LogP contribution in [0, 0.1) is 5.92 Å². The number of ether oxygens (including phenoxy) is 1. The highest BCUT2D eigenvalue weighted by atomic mass is 32.2. The van der Waals surface area contributed by atoms with Crippen LogP contribution >= 0.6 is 0 Å². The minimum absolute atomic E-state index is 0.0384. The van der Waals surface area contributed by atoms with E-state index in [2.05, 4.69) is 5.32 Å². The number of anilines is 1. The lowest BCUT2D eigenvalue weighted by atomic mass is 9.97. The van der Waals surface area contributed by atoms with E-state index in [0.29, 0.717) is 24.3 Å². The predicted molar refractivity (Wildman–Crippen MR) is 108 cm³/mol. The number of para-hydroxylation sites is 2. The van der Waals surface area contributed by atoms with Crippen LogP contribution in [0.3, 0.4) is 0 Å². The summed E-state index contributed by atoms with van der Waals surface area (Å²) in [6.07, 6.45) is 0.748. The Hall–Kier alpha value is -2.91. The van der Waals surface area contributed by atoms with Gasteiger partial charge in [-0.05, 0) is 37.1 Å². The van der Waals surface area contributed by atoms with Gasteiger partial charge in [0.05, 0.1) is 23.3 Å². The molecule has 9 heteroatoms. The monoisotopic (exact) mass is 417 g/mol. The van der Waals surface area contributed by atoms with Crippen molar-refractivity contribution in [2.24, 2.45) is 11.7 Å². The standard InChI is InChI=1S/C20H23N3O5S/c1-28-17-8-4-3-7-16(17)22-20(25)14-10-12-23(13-11-14)29(26,27)18-9-5-2-6-15(18)19(21)24/h2-9,14H,10-13H2,1H3,(H2,21,24)(H,22,25). The smallest absolute Gasteiger partial charge is 0.250 e. The summed E-state index contributed by atoms with van der Waals surface area (Å²) in [4.78, 5) is 24.1. The molecular weight excluding hydrogens is 394 g/mol. The molecule has 3 rings (SSSR count). The van der Waals surface area contributed by atoms with Gasteiger partial charge in [-0.15, -0.1) is 0 Å². The van der Waals surface area contributed by atoms with E-state index >= 15 is 0 Å². The number of amides is 2. The number of nitrogens with one attached hydrogen (secondary N) is 1. The van der Waals surface area contributed by atoms with Crippen molar-refractivity contribution in [1.82, 2.24) is 4.31 Å². The number of rotatable bonds is 6. The summed E-state index contributed by atoms with van der Waals surface area (Å²) in [5.74, 6) is -0.735. The van der Waals surface area contributed by atoms with Gasteiger partial charge in [-0.3, -0.25) is 9.59 Å². The molecular formula is C20H23N3O5S. The Bertz CT molecular complexity index is 1010. The topological polar surface area (TPSA) is 119 Å². The first-order valence-corrected chi connectivity index (χ1v) is 10.6. The average Bonchev–Trinajstić information content (AvgIpc) is 2.74. The molecule has 0 saturated carbocycles. The Morgan fingerprint density at radius 2 is 1.69 bits per heavy atom. The molecule has 0 spiro atoms. The fraction of sp³-hybridized carbons (Fsp3) is 0.300. The maximum absolute atomic E-state index is 13.0. The third-order valence-electron chi connectivity index (χ3n) is 4.96. The van der Waals surface area contributed by atoms with Gasteiger partial charge in [0.2, 0.25) is 21.8 Å². The molecule has 1 fully saturated rings. The molecule has 1 saturated heterocycles. The zero-order valence-electron chi connectivity index (χ0n) is 16.0. The number of benzene rings is 2. The van der Waals surface area contributed by atoms with Crippen LogP contribution in [-0.2, 0) is 14.8 Å². The number of nitrogens with two attached hydrogens (primary N) is 1. The Morgan fingerprint density at radius 1 is 1.07 bits per heavy atom. The molecule has 1 aliphatic rings. The summed E-state index contributed by atoms with van der Waals surface area (Å²) >= 11 is 0. The molecule has 2 amide bonds. The lowest BCUT2D eigenvalue weighted by molar-refractivity contribution is -0.120. The number of primary amides is 1. The summed E-state index contributed by atoms with van der Waals surface area (Å²) in [5.41, 5.74) is 5.85. The predicted octanol–water partition coefficient (Wildman–Crippen LogP) is 1.83. The average molecular weight is 417 g/mol. The van der Waals surface area contributed by atoms with E-state index in [1.54, 1.807) is 30.3 Å². The fourth-order valence-corrected chi connectivity index (χ4v) is 5.04. The Labute approximate surface area is 169 Å². The van der Waals surface area contributed by atoms with Gasteiger partial charge in [-0.2, -0.15) is 4.31 Å². The molecule has 2 aromatic rings. The second-order valence-electron chi connectivity index (χ2n) is 6.73. The number of methoxy groups -OCH3 is 1. The van der Waals surface area contributed by atoms with E-state index < -0.39 is 15.9 Å². The molecule has 1 heterocycles. The second kappa shape index (κ2) is 8.62. The maximum Gasteiger partial charge on any atom is 0.250 e. The molecule has 0 unspecified atom stereocenters. The van der Waals surface area contributed by atoms with Gasteiger partial charge in [0.25, 0.3) is 0 Å². The summed E-state index contributed by atoms with van der Waals surface area (Å²) in [6.45, 7) is 0.360. The molecule has 8 nitrogen and oxygen atoms in total. The van der Waals surface area contributed by atoms with Gasteiger partial charge in [-0.25, -0.2) is 8.42 Å². The van der Waals surface area contributed by atoms with E-state index in [4.69, 9.17) is 10.5 Å². The first kappa shape index (κ1) is 20.8. The third-order valence-corrected chi connectivity index (χ3v) is 6.92. The summed E-state index contributed by atoms with van der Waals surface area (Å²) in [5, 5.41) is 2.85. The fourth-order valence-electron chi connectivity index (χ4n) is 3.38. The third kappa shape index (κ3) is 4.41. The van der Waals surface area contributed by atoms with Crippen molar-refractivity contribution in [1.29, 1.82) is 0 Å². The molecule has 154 valence electrons. The molecule has 3 N–H and O–H groups in total. The largest absolute Gasteiger partial charge is 0.495 e. The molecule has 0 aromatic heterocycles. The van der Waals surface area contributed by atoms with E-state index in [9.17, 15) is 18.0 Å². The summed E-state index contributed by atoms with van der Waals surface area (Å²) < 4.78 is 32.5. The lowest BCUT2D eigenvalue weighted by Crippen LogP contribution is -2.42. The number of hydrogen-bond acceptors (Lipinski definition) is 5. The van der Waals surface area contributed by atoms with E-state index in [0.717, 1.165) is 0 Å². The number of nitrogens with zero attached hydrogens (tertiary/aromatic N) is 1. The minimum atomic E-state index is -3.88. The zero-order chi connectivity index (χ0) is 21.0. The molecule has 0 atom stereocenters. The van der Waals surface area contributed by atoms with E-state index in [1.165, 1.54) is 23.5 Å². The van der Waals surface area contributed by atoms with Crippen molar-refractivity contribution in [3.8, 4) is 5.75 Å². The second-order valence-corrected chi connectivity index (χ2v) is 8.63. The highest BCUT2D eigenvalue weighted by Crippen LogP contribution is 2.28. The molecule has 2 aromatic carbocycles. The van der Waals surface area contributed by atoms with Crippen LogP contribution in [0.1, 0.15) is 23.2 Å². The number of piperidine rings is 1. The zero-order valence-corrected chi connectivity index (χ0v) is 16.8. The lowest BCUT2D eigenvalue weighted by Gasteiger charge is -2.31. The maximum atomic E-state index is 13.0. The number of carbonyl (C=O) groups is 2. The van der Waals surface area contributed by atoms with Crippen LogP contribution in [0.25, 0.3) is 0 Å². The van der Waals surface area contributed by atoms with Crippen molar-refractivity contribution in [3.05, 3.63) is 54.1 Å². The number of sulfonamides is 1. The Morgan fingerprint density at radius 3 is 2.34 bits per heavy atom. The molecule has 29 heavy (non-hydrogen) atoms. The van der Waals surface area contributed by atoms with Gasteiger partial charge >= 0.3 is 0 Å². The van der Waals surface area contributed by atoms with Gasteiger partial charge in [-0.1, -0.05) is 24.3 Å². The van der Waals surface area contributed by atoms with Gasteiger partial charge in [0.15, 0.2) is 0 Å². The number of hydrogen-bond donors (Lipinski definition) is 2. The SMILES string of the molecule is COc1ccccc1NC(=O)C1CCN(S(=O)(=O)c2ccccc2C(N)=O)CC1. The van der Waals surface area contributed by atoms with Crippen molar-refractivity contribution >= 4 is 27.5 Å². The quantitative estimate of drug-likeness (QED) is 0.743. The molecule has 0 bridgehead atoms. The Kier molecular flexibility index (Phi) is 6.19. The van der Waals surface area contributed by atoms with Gasteiger partial charge < -0.3 is 15.8 Å². The van der Waals surface area contributed by atoms with Crippen molar-refractivity contribution in [2.45, 2.75) is 17.7 Å². The first-order chi connectivity index (χ1) is 13.8.